The van der Waals surface area contributed by atoms with E-state index in [2.05, 4.69) is 29.2 Å². The molecule has 148 valence electrons. The molecular weight excluding hydrogens is 340 g/mol. The molecule has 1 N–H and O–H groups in total. The third-order valence-electron chi connectivity index (χ3n) is 6.61. The number of piperidine rings is 1. The van der Waals surface area contributed by atoms with E-state index in [9.17, 15) is 9.90 Å². The first-order valence-corrected chi connectivity index (χ1v) is 10.5. The number of amides is 1. The Labute approximate surface area is 162 Å². The Bertz CT molecular complexity index is 611. The topological polar surface area (TPSA) is 53.0 Å². The predicted octanol–water partition coefficient (Wildman–Crippen LogP) is 1.87. The minimum atomic E-state index is -0.397. The van der Waals surface area contributed by atoms with Crippen molar-refractivity contribution in [2.75, 3.05) is 39.4 Å². The van der Waals surface area contributed by atoms with Gasteiger partial charge < -0.3 is 14.7 Å². The average molecular weight is 373 g/mol. The average Bonchev–Trinajstić information content (AvgIpc) is 3.37. The molecule has 5 heteroatoms. The first kappa shape index (κ1) is 18.9. The fourth-order valence-corrected chi connectivity index (χ4v) is 5.02. The first-order valence-electron chi connectivity index (χ1n) is 10.5. The maximum absolute atomic E-state index is 12.2. The number of benzene rings is 1. The Morgan fingerprint density at radius 1 is 1.11 bits per heavy atom. The second-order valence-corrected chi connectivity index (χ2v) is 8.40. The van der Waals surface area contributed by atoms with Gasteiger partial charge >= 0.3 is 0 Å². The van der Waals surface area contributed by atoms with Crippen molar-refractivity contribution >= 4 is 5.91 Å². The van der Waals surface area contributed by atoms with Crippen molar-refractivity contribution in [2.45, 2.75) is 50.7 Å². The lowest BCUT2D eigenvalue weighted by Crippen LogP contribution is -2.46. The standard InChI is InChI=1S/C22H32N2O3/c25-16-22(26)24(15-21-6-3-11-27-21)14-17-7-9-23(10-8-17)20-12-18-4-1-2-5-19(18)13-20/h1-2,4-5,17,20-21,25H,3,6-16H2/t21-/m1/s1. The van der Waals surface area contributed by atoms with Gasteiger partial charge in [0.15, 0.2) is 0 Å². The Morgan fingerprint density at radius 3 is 2.41 bits per heavy atom. The third-order valence-corrected chi connectivity index (χ3v) is 6.61. The van der Waals surface area contributed by atoms with Crippen molar-refractivity contribution in [2.24, 2.45) is 5.92 Å². The number of aliphatic hydroxyl groups is 1. The highest BCUT2D eigenvalue weighted by Crippen LogP contribution is 2.29. The Hall–Kier alpha value is -1.43. The minimum absolute atomic E-state index is 0.151. The minimum Gasteiger partial charge on any atom is -0.387 e. The summed E-state index contributed by atoms with van der Waals surface area (Å²) in [5.74, 6) is 0.376. The number of hydrogen-bond donors (Lipinski definition) is 1. The number of aliphatic hydroxyl groups excluding tert-OH is 1. The maximum Gasteiger partial charge on any atom is 0.248 e. The Kier molecular flexibility index (Phi) is 6.11. The van der Waals surface area contributed by atoms with Gasteiger partial charge in [0.25, 0.3) is 0 Å². The van der Waals surface area contributed by atoms with Crippen LogP contribution < -0.4 is 0 Å². The number of carbonyl (C=O) groups is 1. The van der Waals surface area contributed by atoms with Gasteiger partial charge in [-0.1, -0.05) is 24.3 Å². The first-order chi connectivity index (χ1) is 13.2. The van der Waals surface area contributed by atoms with Gasteiger partial charge in [-0.2, -0.15) is 0 Å². The zero-order chi connectivity index (χ0) is 18.6. The van der Waals surface area contributed by atoms with Crippen LogP contribution in [0.5, 0.6) is 0 Å². The summed E-state index contributed by atoms with van der Waals surface area (Å²) < 4.78 is 5.70. The molecule has 1 aromatic carbocycles. The van der Waals surface area contributed by atoms with Gasteiger partial charge in [-0.15, -0.1) is 0 Å². The van der Waals surface area contributed by atoms with E-state index in [1.807, 2.05) is 4.90 Å². The number of nitrogens with zero attached hydrogens (tertiary/aromatic N) is 2. The zero-order valence-corrected chi connectivity index (χ0v) is 16.2. The van der Waals surface area contributed by atoms with Crippen molar-refractivity contribution in [1.82, 2.24) is 9.80 Å². The van der Waals surface area contributed by atoms with E-state index in [0.717, 1.165) is 51.9 Å². The van der Waals surface area contributed by atoms with E-state index >= 15 is 0 Å². The molecule has 1 atom stereocenters. The summed E-state index contributed by atoms with van der Waals surface area (Å²) in [6.45, 7) is 4.03. The van der Waals surface area contributed by atoms with Crippen LogP contribution in [0.4, 0.5) is 0 Å². The fraction of sp³-hybridized carbons (Fsp3) is 0.682. The van der Waals surface area contributed by atoms with Crippen molar-refractivity contribution in [3.05, 3.63) is 35.4 Å². The van der Waals surface area contributed by atoms with E-state index in [0.29, 0.717) is 18.5 Å². The zero-order valence-electron chi connectivity index (χ0n) is 16.2. The number of ether oxygens (including phenoxy) is 1. The smallest absolute Gasteiger partial charge is 0.248 e. The van der Waals surface area contributed by atoms with Gasteiger partial charge in [-0.05, 0) is 68.7 Å². The monoisotopic (exact) mass is 372 g/mol. The molecule has 5 nitrogen and oxygen atoms in total. The van der Waals surface area contributed by atoms with Gasteiger partial charge in [0.1, 0.15) is 6.61 Å². The highest BCUT2D eigenvalue weighted by atomic mass is 16.5. The molecule has 3 aliphatic rings. The summed E-state index contributed by atoms with van der Waals surface area (Å²) in [6, 6.07) is 9.48. The van der Waals surface area contributed by atoms with Crippen LogP contribution in [0.2, 0.25) is 0 Å². The van der Waals surface area contributed by atoms with E-state index in [1.54, 1.807) is 0 Å². The largest absolute Gasteiger partial charge is 0.387 e. The molecule has 2 saturated heterocycles. The molecule has 1 aromatic rings. The lowest BCUT2D eigenvalue weighted by Gasteiger charge is -2.38. The summed E-state index contributed by atoms with van der Waals surface area (Å²) >= 11 is 0. The normalized spacial score (nSPS) is 24.3. The highest BCUT2D eigenvalue weighted by molar-refractivity contribution is 5.77. The molecule has 0 bridgehead atoms. The Morgan fingerprint density at radius 2 is 1.81 bits per heavy atom. The second-order valence-electron chi connectivity index (χ2n) is 8.40. The van der Waals surface area contributed by atoms with Crippen LogP contribution in [0.3, 0.4) is 0 Å². The second kappa shape index (κ2) is 8.72. The quantitative estimate of drug-likeness (QED) is 0.828. The van der Waals surface area contributed by atoms with Gasteiger partial charge in [-0.25, -0.2) is 0 Å². The van der Waals surface area contributed by atoms with Crippen LogP contribution >= 0.6 is 0 Å². The summed E-state index contributed by atoms with van der Waals surface area (Å²) in [5, 5.41) is 9.34. The summed E-state index contributed by atoms with van der Waals surface area (Å²) in [5.41, 5.74) is 3.03. The van der Waals surface area contributed by atoms with Gasteiger partial charge in [0.05, 0.1) is 6.10 Å². The van der Waals surface area contributed by atoms with Crippen LogP contribution in [-0.2, 0) is 22.4 Å². The van der Waals surface area contributed by atoms with Crippen molar-refractivity contribution < 1.29 is 14.6 Å². The van der Waals surface area contributed by atoms with Crippen LogP contribution in [0.25, 0.3) is 0 Å². The maximum atomic E-state index is 12.2. The van der Waals surface area contributed by atoms with E-state index in [1.165, 1.54) is 24.0 Å². The van der Waals surface area contributed by atoms with Gasteiger partial charge in [0.2, 0.25) is 5.91 Å². The van der Waals surface area contributed by atoms with Gasteiger partial charge in [-0.3, -0.25) is 9.69 Å². The lowest BCUT2D eigenvalue weighted by molar-refractivity contribution is -0.136. The van der Waals surface area contributed by atoms with Crippen LogP contribution in [-0.4, -0.2) is 72.4 Å². The summed E-state index contributed by atoms with van der Waals surface area (Å²) in [6.07, 6.45) is 6.87. The number of likely N-dealkylation sites (tertiary alicyclic amines) is 1. The molecule has 4 rings (SSSR count). The van der Waals surface area contributed by atoms with E-state index < -0.39 is 6.61 Å². The predicted molar refractivity (Wildman–Crippen MR) is 105 cm³/mol. The number of hydrogen-bond acceptors (Lipinski definition) is 4. The van der Waals surface area contributed by atoms with Gasteiger partial charge in [0, 0.05) is 25.7 Å². The lowest BCUT2D eigenvalue weighted by atomic mass is 9.94. The molecule has 0 spiro atoms. The van der Waals surface area contributed by atoms with Crippen molar-refractivity contribution in [3.8, 4) is 0 Å². The summed E-state index contributed by atoms with van der Waals surface area (Å²) in [7, 11) is 0. The molecule has 0 saturated carbocycles. The molecule has 2 heterocycles. The molecule has 1 aliphatic carbocycles. The third kappa shape index (κ3) is 4.53. The number of fused-ring (bicyclic) bond motifs is 1. The van der Waals surface area contributed by atoms with Crippen LogP contribution in [0.15, 0.2) is 24.3 Å². The summed E-state index contributed by atoms with van der Waals surface area (Å²) in [4.78, 5) is 16.7. The van der Waals surface area contributed by atoms with Crippen molar-refractivity contribution in [3.63, 3.8) is 0 Å². The Balaban J connectivity index is 1.27. The molecule has 0 unspecified atom stereocenters. The molecule has 27 heavy (non-hydrogen) atoms. The van der Waals surface area contributed by atoms with Crippen LogP contribution in [0, 0.1) is 5.92 Å². The molecule has 0 radical (unpaired) electrons. The highest BCUT2D eigenvalue weighted by Gasteiger charge is 2.31. The number of carbonyl (C=O) groups excluding carboxylic acids is 1. The SMILES string of the molecule is O=C(CO)N(CC1CCN(C2Cc3ccccc3C2)CC1)C[C@H]1CCCO1. The molecular formula is C22H32N2O3. The number of rotatable bonds is 6. The fourth-order valence-electron chi connectivity index (χ4n) is 5.02. The molecule has 2 aliphatic heterocycles. The molecule has 2 fully saturated rings. The molecule has 0 aromatic heterocycles. The van der Waals surface area contributed by atoms with E-state index in [-0.39, 0.29) is 12.0 Å². The van der Waals surface area contributed by atoms with E-state index in [4.69, 9.17) is 4.74 Å². The van der Waals surface area contributed by atoms with Crippen LogP contribution in [0.1, 0.15) is 36.8 Å². The molecule has 1 amide bonds. The van der Waals surface area contributed by atoms with Crippen molar-refractivity contribution in [1.29, 1.82) is 0 Å².